The molecule has 98 valence electrons. The van der Waals surface area contributed by atoms with E-state index < -0.39 is 11.6 Å². The average Bonchev–Trinajstić information content (AvgIpc) is 3.23. The molecule has 0 spiro atoms. The van der Waals surface area contributed by atoms with Crippen LogP contribution in [0.2, 0.25) is 0 Å². The zero-order chi connectivity index (χ0) is 13.2. The molecule has 1 aliphatic rings. The molecule has 2 aromatic rings. The van der Waals surface area contributed by atoms with E-state index in [-0.39, 0.29) is 12.1 Å². The van der Waals surface area contributed by atoms with Gasteiger partial charge in [0, 0.05) is 29.8 Å². The van der Waals surface area contributed by atoms with Gasteiger partial charge >= 0.3 is 0 Å². The van der Waals surface area contributed by atoms with E-state index in [0.29, 0.717) is 11.7 Å². The van der Waals surface area contributed by atoms with Crippen LogP contribution in [0.5, 0.6) is 0 Å². The molecule has 0 amide bonds. The summed E-state index contributed by atoms with van der Waals surface area (Å²) in [6.07, 6.45) is 3.78. The lowest BCUT2D eigenvalue weighted by Crippen LogP contribution is -2.06. The van der Waals surface area contributed by atoms with Crippen LogP contribution in [-0.2, 0) is 6.54 Å². The minimum atomic E-state index is -0.552. The third kappa shape index (κ3) is 2.70. The van der Waals surface area contributed by atoms with Crippen molar-refractivity contribution in [3.05, 3.63) is 53.5 Å². The Hall–Kier alpha value is -2.04. The van der Waals surface area contributed by atoms with Crippen molar-refractivity contribution in [1.82, 2.24) is 9.97 Å². The van der Waals surface area contributed by atoms with E-state index in [9.17, 15) is 8.78 Å². The summed E-state index contributed by atoms with van der Waals surface area (Å²) in [4.78, 5) is 8.25. The topological polar surface area (TPSA) is 37.8 Å². The largest absolute Gasteiger partial charge is 0.366 e. The maximum absolute atomic E-state index is 13.5. The Balaban J connectivity index is 1.73. The Morgan fingerprint density at radius 2 is 1.89 bits per heavy atom. The summed E-state index contributed by atoms with van der Waals surface area (Å²) in [5, 5.41) is 2.93. The molecule has 3 rings (SSSR count). The van der Waals surface area contributed by atoms with Gasteiger partial charge in [-0.2, -0.15) is 0 Å². The molecule has 5 heteroatoms. The normalized spacial score (nSPS) is 14.4. The van der Waals surface area contributed by atoms with Gasteiger partial charge in [0.2, 0.25) is 0 Å². The molecule has 1 saturated carbocycles. The summed E-state index contributed by atoms with van der Waals surface area (Å²) in [5.41, 5.74) is 1.01. The number of hydrogen-bond donors (Lipinski definition) is 1. The molecule has 0 atom stereocenters. The Morgan fingerprint density at radius 3 is 2.58 bits per heavy atom. The first-order valence-corrected chi connectivity index (χ1v) is 6.23. The summed E-state index contributed by atoms with van der Waals surface area (Å²) in [5.74, 6) is 0.0150. The van der Waals surface area contributed by atoms with Crippen molar-refractivity contribution in [2.45, 2.75) is 25.3 Å². The number of halogens is 2. The van der Waals surface area contributed by atoms with Crippen LogP contribution in [0.1, 0.15) is 30.0 Å². The monoisotopic (exact) mass is 261 g/mol. The standard InChI is InChI=1S/C14H13F2N3/c15-11-2-1-3-12(16)10(11)7-17-14-6-13(9-4-5-9)18-8-19-14/h1-3,6,8-9H,4-5,7H2,(H,17,18,19). The van der Waals surface area contributed by atoms with Gasteiger partial charge in [0.1, 0.15) is 23.8 Å². The number of anilines is 1. The Labute approximate surface area is 109 Å². The van der Waals surface area contributed by atoms with Gasteiger partial charge < -0.3 is 5.32 Å². The molecule has 0 saturated heterocycles. The predicted molar refractivity (Wildman–Crippen MR) is 67.7 cm³/mol. The summed E-state index contributed by atoms with van der Waals surface area (Å²) in [6.45, 7) is 0.0691. The third-order valence-electron chi connectivity index (χ3n) is 3.19. The highest BCUT2D eigenvalue weighted by Gasteiger charge is 2.25. The van der Waals surface area contributed by atoms with Crippen molar-refractivity contribution in [2.75, 3.05) is 5.32 Å². The number of benzene rings is 1. The lowest BCUT2D eigenvalue weighted by Gasteiger charge is -2.08. The molecule has 0 unspecified atom stereocenters. The smallest absolute Gasteiger partial charge is 0.131 e. The number of nitrogens with zero attached hydrogens (tertiary/aromatic N) is 2. The van der Waals surface area contributed by atoms with Gasteiger partial charge in [0.15, 0.2) is 0 Å². The molecule has 0 bridgehead atoms. The second-order valence-electron chi connectivity index (χ2n) is 4.66. The summed E-state index contributed by atoms with van der Waals surface area (Å²) in [7, 11) is 0. The molecule has 0 radical (unpaired) electrons. The van der Waals surface area contributed by atoms with Gasteiger partial charge in [0.05, 0.1) is 0 Å². The molecular weight excluding hydrogens is 248 g/mol. The fraction of sp³-hybridized carbons (Fsp3) is 0.286. The fourth-order valence-electron chi connectivity index (χ4n) is 1.95. The Morgan fingerprint density at radius 1 is 1.16 bits per heavy atom. The molecule has 19 heavy (non-hydrogen) atoms. The second kappa shape index (κ2) is 4.91. The third-order valence-corrected chi connectivity index (χ3v) is 3.19. The minimum Gasteiger partial charge on any atom is -0.366 e. The van der Waals surface area contributed by atoms with Crippen LogP contribution in [0.4, 0.5) is 14.6 Å². The van der Waals surface area contributed by atoms with Crippen LogP contribution in [0.25, 0.3) is 0 Å². The molecule has 1 N–H and O–H groups in total. The first-order valence-electron chi connectivity index (χ1n) is 6.23. The van der Waals surface area contributed by atoms with E-state index in [4.69, 9.17) is 0 Å². The first-order chi connectivity index (χ1) is 9.24. The van der Waals surface area contributed by atoms with Gasteiger partial charge in [-0.25, -0.2) is 18.7 Å². The molecule has 0 aliphatic heterocycles. The maximum atomic E-state index is 13.5. The van der Waals surface area contributed by atoms with Crippen molar-refractivity contribution >= 4 is 5.82 Å². The lowest BCUT2D eigenvalue weighted by molar-refractivity contribution is 0.560. The highest BCUT2D eigenvalue weighted by molar-refractivity contribution is 5.38. The average molecular weight is 261 g/mol. The number of hydrogen-bond acceptors (Lipinski definition) is 3. The van der Waals surface area contributed by atoms with Gasteiger partial charge in [-0.3, -0.25) is 0 Å². The van der Waals surface area contributed by atoms with Crippen LogP contribution >= 0.6 is 0 Å². The first kappa shape index (κ1) is 12.0. The zero-order valence-corrected chi connectivity index (χ0v) is 10.2. The molecule has 3 nitrogen and oxygen atoms in total. The van der Waals surface area contributed by atoms with E-state index in [1.165, 1.54) is 24.5 Å². The molecule has 1 fully saturated rings. The van der Waals surface area contributed by atoms with E-state index in [0.717, 1.165) is 18.5 Å². The van der Waals surface area contributed by atoms with Crippen molar-refractivity contribution in [2.24, 2.45) is 0 Å². The van der Waals surface area contributed by atoms with Gasteiger partial charge in [-0.15, -0.1) is 0 Å². The highest BCUT2D eigenvalue weighted by Crippen LogP contribution is 2.39. The van der Waals surface area contributed by atoms with Crippen LogP contribution in [-0.4, -0.2) is 9.97 Å². The predicted octanol–water partition coefficient (Wildman–Crippen LogP) is 3.24. The Bertz CT molecular complexity index is 577. The van der Waals surface area contributed by atoms with E-state index in [1.54, 1.807) is 0 Å². The lowest BCUT2D eigenvalue weighted by atomic mass is 10.2. The van der Waals surface area contributed by atoms with Crippen LogP contribution < -0.4 is 5.32 Å². The Kier molecular flexibility index (Phi) is 3.11. The molecule has 1 aromatic heterocycles. The molecule has 1 aromatic carbocycles. The van der Waals surface area contributed by atoms with E-state index in [1.807, 2.05) is 6.07 Å². The summed E-state index contributed by atoms with van der Waals surface area (Å²) in [6, 6.07) is 5.69. The molecular formula is C14H13F2N3. The maximum Gasteiger partial charge on any atom is 0.131 e. The van der Waals surface area contributed by atoms with Crippen LogP contribution in [0, 0.1) is 11.6 Å². The van der Waals surface area contributed by atoms with Gasteiger partial charge in [-0.1, -0.05) is 6.07 Å². The van der Waals surface area contributed by atoms with Gasteiger partial charge in [-0.05, 0) is 25.0 Å². The minimum absolute atomic E-state index is 0.0223. The molecule has 1 aliphatic carbocycles. The van der Waals surface area contributed by atoms with Crippen molar-refractivity contribution in [3.8, 4) is 0 Å². The van der Waals surface area contributed by atoms with Crippen molar-refractivity contribution in [1.29, 1.82) is 0 Å². The molecule has 1 heterocycles. The van der Waals surface area contributed by atoms with Crippen molar-refractivity contribution < 1.29 is 8.78 Å². The number of nitrogens with one attached hydrogen (secondary N) is 1. The summed E-state index contributed by atoms with van der Waals surface area (Å²) >= 11 is 0. The number of aromatic nitrogens is 2. The number of rotatable bonds is 4. The van der Waals surface area contributed by atoms with Crippen LogP contribution in [0.3, 0.4) is 0 Å². The van der Waals surface area contributed by atoms with E-state index >= 15 is 0 Å². The van der Waals surface area contributed by atoms with Gasteiger partial charge in [0.25, 0.3) is 0 Å². The fourth-order valence-corrected chi connectivity index (χ4v) is 1.95. The SMILES string of the molecule is Fc1cccc(F)c1CNc1cc(C2CC2)ncn1. The zero-order valence-electron chi connectivity index (χ0n) is 10.2. The second-order valence-corrected chi connectivity index (χ2v) is 4.66. The van der Waals surface area contributed by atoms with Crippen LogP contribution in [0.15, 0.2) is 30.6 Å². The quantitative estimate of drug-likeness (QED) is 0.918. The van der Waals surface area contributed by atoms with Crippen molar-refractivity contribution in [3.63, 3.8) is 0 Å². The highest BCUT2D eigenvalue weighted by atomic mass is 19.1. The van der Waals surface area contributed by atoms with E-state index in [2.05, 4.69) is 15.3 Å². The summed E-state index contributed by atoms with van der Waals surface area (Å²) < 4.78 is 26.9.